The number of rotatable bonds is 3. The number of aldehydes is 1. The second-order valence-electron chi connectivity index (χ2n) is 3.26. The van der Waals surface area contributed by atoms with Gasteiger partial charge in [0, 0.05) is 11.1 Å². The van der Waals surface area contributed by atoms with Crippen LogP contribution in [0.15, 0.2) is 18.2 Å². The van der Waals surface area contributed by atoms with Crippen LogP contribution in [0.2, 0.25) is 0 Å². The van der Waals surface area contributed by atoms with Crippen LogP contribution in [-0.4, -0.2) is 19.4 Å². The van der Waals surface area contributed by atoms with Crippen LogP contribution in [0.5, 0.6) is 0 Å². The fourth-order valence-corrected chi connectivity index (χ4v) is 1.35. The molecule has 0 N–H and O–H groups in total. The minimum atomic E-state index is -3.69. The van der Waals surface area contributed by atoms with Crippen molar-refractivity contribution >= 4 is 12.3 Å². The molecular weight excluding hydrogens is 218 g/mol. The number of halogens is 2. The van der Waals surface area contributed by atoms with Gasteiger partial charge in [0.25, 0.3) is 0 Å². The lowest BCUT2D eigenvalue weighted by Gasteiger charge is -2.16. The predicted octanol–water partition coefficient (Wildman–Crippen LogP) is 2.07. The first-order chi connectivity index (χ1) is 7.43. The minimum Gasteiger partial charge on any atom is -0.464 e. The summed E-state index contributed by atoms with van der Waals surface area (Å²) in [5.74, 6) is -5.31. The second kappa shape index (κ2) is 4.38. The quantitative estimate of drug-likeness (QED) is 0.587. The zero-order valence-electron chi connectivity index (χ0n) is 8.79. The lowest BCUT2D eigenvalue weighted by molar-refractivity contribution is -0.170. The van der Waals surface area contributed by atoms with Gasteiger partial charge in [-0.3, -0.25) is 4.79 Å². The van der Waals surface area contributed by atoms with Crippen LogP contribution < -0.4 is 0 Å². The van der Waals surface area contributed by atoms with E-state index in [2.05, 4.69) is 4.74 Å². The fraction of sp³-hybridized carbons (Fsp3) is 0.273. The molecule has 0 saturated carbocycles. The van der Waals surface area contributed by atoms with E-state index in [1.54, 1.807) is 0 Å². The molecule has 0 heterocycles. The molecule has 0 amide bonds. The summed E-state index contributed by atoms with van der Waals surface area (Å²) in [4.78, 5) is 21.3. The summed E-state index contributed by atoms with van der Waals surface area (Å²) >= 11 is 0. The average Bonchev–Trinajstić information content (AvgIpc) is 2.27. The largest absolute Gasteiger partial charge is 0.464 e. The molecule has 1 rings (SSSR count). The lowest BCUT2D eigenvalue weighted by Crippen LogP contribution is -2.28. The topological polar surface area (TPSA) is 43.4 Å². The van der Waals surface area contributed by atoms with Crippen LogP contribution in [0, 0.1) is 6.92 Å². The number of carbonyl (C=O) groups excluding carboxylic acids is 2. The Morgan fingerprint density at radius 3 is 2.50 bits per heavy atom. The molecule has 0 bridgehead atoms. The molecule has 5 heteroatoms. The standard InChI is InChI=1S/C11H10F2O3/c1-7-5-8(6-14)3-4-9(7)11(12,13)10(15)16-2/h3-6H,1-2H3. The van der Waals surface area contributed by atoms with E-state index in [0.717, 1.165) is 13.2 Å². The molecule has 1 aromatic rings. The van der Waals surface area contributed by atoms with Crippen molar-refractivity contribution in [3.05, 3.63) is 34.9 Å². The number of ether oxygens (including phenoxy) is 1. The van der Waals surface area contributed by atoms with E-state index in [1.807, 2.05) is 0 Å². The molecule has 0 saturated heterocycles. The molecule has 16 heavy (non-hydrogen) atoms. The van der Waals surface area contributed by atoms with E-state index in [0.29, 0.717) is 6.29 Å². The summed E-state index contributed by atoms with van der Waals surface area (Å²) in [5.41, 5.74) is -0.00753. The van der Waals surface area contributed by atoms with Crippen LogP contribution in [-0.2, 0) is 15.5 Å². The highest BCUT2D eigenvalue weighted by Gasteiger charge is 2.43. The molecule has 0 aliphatic carbocycles. The van der Waals surface area contributed by atoms with E-state index in [1.165, 1.54) is 19.1 Å². The van der Waals surface area contributed by atoms with Crippen molar-refractivity contribution in [2.24, 2.45) is 0 Å². The van der Waals surface area contributed by atoms with Crippen LogP contribution >= 0.6 is 0 Å². The second-order valence-corrected chi connectivity index (χ2v) is 3.26. The third-order valence-electron chi connectivity index (χ3n) is 2.17. The maximum Gasteiger partial charge on any atom is 0.381 e. The van der Waals surface area contributed by atoms with Gasteiger partial charge in [0.2, 0.25) is 0 Å². The number of hydrogen-bond donors (Lipinski definition) is 0. The fourth-order valence-electron chi connectivity index (χ4n) is 1.35. The van der Waals surface area contributed by atoms with Gasteiger partial charge in [-0.15, -0.1) is 0 Å². The molecule has 0 aromatic heterocycles. The molecule has 0 fully saturated rings. The summed E-state index contributed by atoms with van der Waals surface area (Å²) < 4.78 is 31.0. The van der Waals surface area contributed by atoms with Crippen molar-refractivity contribution in [1.82, 2.24) is 0 Å². The van der Waals surface area contributed by atoms with Crippen molar-refractivity contribution in [1.29, 1.82) is 0 Å². The van der Waals surface area contributed by atoms with Crippen LogP contribution in [0.4, 0.5) is 8.78 Å². The third kappa shape index (κ3) is 2.08. The molecular formula is C11H10F2O3. The number of aryl methyl sites for hydroxylation is 1. The Bertz CT molecular complexity index is 427. The summed E-state index contributed by atoms with van der Waals surface area (Å²) in [7, 11) is 0.894. The first-order valence-electron chi connectivity index (χ1n) is 4.46. The van der Waals surface area contributed by atoms with Crippen LogP contribution in [0.1, 0.15) is 21.5 Å². The molecule has 1 aromatic carbocycles. The molecule has 3 nitrogen and oxygen atoms in total. The normalized spacial score (nSPS) is 11.0. The van der Waals surface area contributed by atoms with Gasteiger partial charge in [-0.05, 0) is 18.6 Å². The molecule has 0 spiro atoms. The smallest absolute Gasteiger partial charge is 0.381 e. The monoisotopic (exact) mass is 228 g/mol. The van der Waals surface area contributed by atoms with E-state index in [4.69, 9.17) is 0 Å². The van der Waals surface area contributed by atoms with Gasteiger partial charge in [0.1, 0.15) is 6.29 Å². The van der Waals surface area contributed by atoms with Gasteiger partial charge >= 0.3 is 11.9 Å². The predicted molar refractivity (Wildman–Crippen MR) is 52.5 cm³/mol. The van der Waals surface area contributed by atoms with Crippen molar-refractivity contribution in [2.75, 3.05) is 7.11 Å². The Hall–Kier alpha value is -1.78. The molecule has 0 radical (unpaired) electrons. The molecule has 86 valence electrons. The summed E-state index contributed by atoms with van der Waals surface area (Å²) in [6.07, 6.45) is 0.549. The first-order valence-corrected chi connectivity index (χ1v) is 4.46. The van der Waals surface area contributed by atoms with E-state index >= 15 is 0 Å². The van der Waals surface area contributed by atoms with Gasteiger partial charge in [-0.2, -0.15) is 8.78 Å². The third-order valence-corrected chi connectivity index (χ3v) is 2.17. The highest BCUT2D eigenvalue weighted by atomic mass is 19.3. The molecule has 0 unspecified atom stereocenters. The molecule has 0 atom stereocenters. The highest BCUT2D eigenvalue weighted by Crippen LogP contribution is 2.31. The summed E-state index contributed by atoms with van der Waals surface area (Å²) in [5, 5.41) is 0. The Morgan fingerprint density at radius 1 is 1.44 bits per heavy atom. The zero-order chi connectivity index (χ0) is 12.3. The van der Waals surface area contributed by atoms with Crippen LogP contribution in [0.25, 0.3) is 0 Å². The Morgan fingerprint density at radius 2 is 2.06 bits per heavy atom. The Labute approximate surface area is 91.0 Å². The zero-order valence-corrected chi connectivity index (χ0v) is 8.79. The maximum absolute atomic E-state index is 13.5. The van der Waals surface area contributed by atoms with E-state index in [9.17, 15) is 18.4 Å². The number of alkyl halides is 2. The lowest BCUT2D eigenvalue weighted by atomic mass is 10.0. The number of hydrogen-bond acceptors (Lipinski definition) is 3. The molecule has 0 aliphatic rings. The van der Waals surface area contributed by atoms with Crippen molar-refractivity contribution < 1.29 is 23.1 Å². The minimum absolute atomic E-state index is 0.167. The van der Waals surface area contributed by atoms with Gasteiger partial charge < -0.3 is 4.74 Å². The van der Waals surface area contributed by atoms with E-state index < -0.39 is 17.5 Å². The SMILES string of the molecule is COC(=O)C(F)(F)c1ccc(C=O)cc1C. The Kier molecular flexibility index (Phi) is 3.37. The number of methoxy groups -OCH3 is 1. The van der Waals surface area contributed by atoms with Crippen molar-refractivity contribution in [2.45, 2.75) is 12.8 Å². The average molecular weight is 228 g/mol. The Balaban J connectivity index is 3.23. The molecule has 0 aliphatic heterocycles. The van der Waals surface area contributed by atoms with Crippen molar-refractivity contribution in [3.8, 4) is 0 Å². The number of esters is 1. The van der Waals surface area contributed by atoms with Gasteiger partial charge in [0.05, 0.1) is 7.11 Å². The number of benzene rings is 1. The summed E-state index contributed by atoms with van der Waals surface area (Å²) in [6, 6.07) is 3.57. The van der Waals surface area contributed by atoms with Crippen LogP contribution in [0.3, 0.4) is 0 Å². The van der Waals surface area contributed by atoms with Gasteiger partial charge in [-0.1, -0.05) is 12.1 Å². The highest BCUT2D eigenvalue weighted by molar-refractivity contribution is 5.81. The van der Waals surface area contributed by atoms with Gasteiger partial charge in [-0.25, -0.2) is 4.79 Å². The van der Waals surface area contributed by atoms with Crippen molar-refractivity contribution in [3.63, 3.8) is 0 Å². The van der Waals surface area contributed by atoms with E-state index in [-0.39, 0.29) is 11.1 Å². The first kappa shape index (κ1) is 12.3. The number of carbonyl (C=O) groups is 2. The van der Waals surface area contributed by atoms with Gasteiger partial charge in [0.15, 0.2) is 0 Å². The maximum atomic E-state index is 13.5. The summed E-state index contributed by atoms with van der Waals surface area (Å²) in [6.45, 7) is 1.40.